The molecule has 1 amide bonds. The van der Waals surface area contributed by atoms with Crippen molar-refractivity contribution in [3.05, 3.63) is 59.8 Å². The molecule has 4 rings (SSSR count). The van der Waals surface area contributed by atoms with Crippen LogP contribution < -0.4 is 15.0 Å². The fraction of sp³-hybridized carbons (Fsp3) is 0.333. The number of aryl methyl sites for hydroxylation is 2. The van der Waals surface area contributed by atoms with E-state index >= 15 is 0 Å². The van der Waals surface area contributed by atoms with Crippen molar-refractivity contribution < 1.29 is 9.53 Å². The fourth-order valence-corrected chi connectivity index (χ4v) is 4.31. The summed E-state index contributed by atoms with van der Waals surface area (Å²) in [5.74, 6) is 0.875. The normalized spacial score (nSPS) is 18.1. The van der Waals surface area contributed by atoms with Gasteiger partial charge in [-0.15, -0.1) is 0 Å². The molecule has 2 atom stereocenters. The van der Waals surface area contributed by atoms with Crippen LogP contribution in [0, 0.1) is 6.92 Å². The van der Waals surface area contributed by atoms with E-state index in [1.165, 1.54) is 0 Å². The van der Waals surface area contributed by atoms with Crippen molar-refractivity contribution in [3.8, 4) is 17.0 Å². The van der Waals surface area contributed by atoms with Crippen LogP contribution >= 0.6 is 0 Å². The molecule has 1 aliphatic rings. The number of hydrogen-bond donors (Lipinski definition) is 1. The van der Waals surface area contributed by atoms with Gasteiger partial charge in [0.2, 0.25) is 5.91 Å². The zero-order chi connectivity index (χ0) is 21.4. The number of benzene rings is 2. The zero-order valence-corrected chi connectivity index (χ0v) is 18.1. The van der Waals surface area contributed by atoms with Gasteiger partial charge in [0.15, 0.2) is 0 Å². The average Bonchev–Trinajstić information content (AvgIpc) is 3.15. The summed E-state index contributed by atoms with van der Waals surface area (Å²) < 4.78 is 7.40. The number of carbonyl (C=O) groups excluding carboxylic acids is 1. The third kappa shape index (κ3) is 3.65. The van der Waals surface area contributed by atoms with E-state index in [0.717, 1.165) is 45.9 Å². The van der Waals surface area contributed by atoms with E-state index in [-0.39, 0.29) is 18.0 Å². The topological polar surface area (TPSA) is 59.4 Å². The number of hydrogen-bond acceptors (Lipinski definition) is 4. The molecule has 0 fully saturated rings. The minimum absolute atomic E-state index is 0.0471. The largest absolute Gasteiger partial charge is 0.495 e. The molecule has 1 aromatic heterocycles. The van der Waals surface area contributed by atoms with Crippen LogP contribution in [0.15, 0.2) is 48.7 Å². The lowest BCUT2D eigenvalue weighted by Crippen LogP contribution is -2.43. The molecule has 6 nitrogen and oxygen atoms in total. The van der Waals surface area contributed by atoms with Crippen molar-refractivity contribution in [2.45, 2.75) is 39.3 Å². The molecule has 1 aliphatic heterocycles. The maximum atomic E-state index is 12.4. The van der Waals surface area contributed by atoms with Gasteiger partial charge in [-0.1, -0.05) is 12.1 Å². The molecule has 0 saturated heterocycles. The predicted octanol–water partition coefficient (Wildman–Crippen LogP) is 4.70. The minimum atomic E-state index is 0.0471. The Morgan fingerprint density at radius 2 is 2.00 bits per heavy atom. The number of amides is 1. The Kier molecular flexibility index (Phi) is 5.24. The lowest BCUT2D eigenvalue weighted by Gasteiger charge is -2.40. The fourth-order valence-electron chi connectivity index (χ4n) is 4.31. The molecular formula is C24H28N4O2. The van der Waals surface area contributed by atoms with Gasteiger partial charge in [0.05, 0.1) is 24.5 Å². The van der Waals surface area contributed by atoms with E-state index in [2.05, 4.69) is 35.5 Å². The van der Waals surface area contributed by atoms with Gasteiger partial charge in [0.25, 0.3) is 0 Å². The van der Waals surface area contributed by atoms with Gasteiger partial charge in [-0.2, -0.15) is 5.10 Å². The highest BCUT2D eigenvalue weighted by Crippen LogP contribution is 2.42. The highest BCUT2D eigenvalue weighted by Gasteiger charge is 2.33. The molecule has 30 heavy (non-hydrogen) atoms. The Balaban J connectivity index is 1.79. The molecule has 2 heterocycles. The van der Waals surface area contributed by atoms with Crippen LogP contribution in [-0.2, 0) is 11.8 Å². The molecule has 6 heteroatoms. The first-order chi connectivity index (χ1) is 14.4. The van der Waals surface area contributed by atoms with Crippen molar-refractivity contribution in [2.24, 2.45) is 7.05 Å². The van der Waals surface area contributed by atoms with Crippen LogP contribution in [0.1, 0.15) is 37.4 Å². The Bertz CT molecular complexity index is 1090. The van der Waals surface area contributed by atoms with E-state index < -0.39 is 0 Å². The molecule has 1 N–H and O–H groups in total. The van der Waals surface area contributed by atoms with Crippen molar-refractivity contribution in [1.29, 1.82) is 0 Å². The number of nitrogens with one attached hydrogen (secondary N) is 1. The summed E-state index contributed by atoms with van der Waals surface area (Å²) in [5, 5.41) is 8.21. The van der Waals surface area contributed by atoms with Crippen molar-refractivity contribution in [3.63, 3.8) is 0 Å². The Labute approximate surface area is 177 Å². The Hall–Kier alpha value is -3.28. The van der Waals surface area contributed by atoms with Crippen LogP contribution in [0.25, 0.3) is 11.3 Å². The second kappa shape index (κ2) is 7.86. The van der Waals surface area contributed by atoms with Crippen LogP contribution in [-0.4, -0.2) is 28.8 Å². The number of methoxy groups -OCH3 is 1. The summed E-state index contributed by atoms with van der Waals surface area (Å²) in [6.07, 6.45) is 2.74. The van der Waals surface area contributed by atoms with Crippen LogP contribution in [0.5, 0.6) is 5.75 Å². The number of aromatic nitrogens is 2. The Morgan fingerprint density at radius 3 is 2.67 bits per heavy atom. The molecule has 0 radical (unpaired) electrons. The highest BCUT2D eigenvalue weighted by atomic mass is 16.5. The third-order valence-corrected chi connectivity index (χ3v) is 5.72. The maximum Gasteiger partial charge on any atom is 0.224 e. The second-order valence-electron chi connectivity index (χ2n) is 8.02. The van der Waals surface area contributed by atoms with E-state index in [1.807, 2.05) is 49.3 Å². The smallest absolute Gasteiger partial charge is 0.224 e. The third-order valence-electron chi connectivity index (χ3n) is 5.72. The molecule has 3 aromatic rings. The van der Waals surface area contributed by atoms with Gasteiger partial charge in [-0.05, 0) is 61.7 Å². The predicted molar refractivity (Wildman–Crippen MR) is 120 cm³/mol. The number of anilines is 2. The van der Waals surface area contributed by atoms with E-state index in [1.54, 1.807) is 18.7 Å². The maximum absolute atomic E-state index is 12.4. The number of ether oxygens (including phenoxy) is 1. The molecule has 0 aliphatic carbocycles. The second-order valence-corrected chi connectivity index (χ2v) is 8.02. The number of fused-ring (bicyclic) bond motifs is 1. The van der Waals surface area contributed by atoms with Gasteiger partial charge >= 0.3 is 0 Å². The summed E-state index contributed by atoms with van der Waals surface area (Å²) >= 11 is 0. The molecule has 0 saturated carbocycles. The first kappa shape index (κ1) is 20.0. The summed E-state index contributed by atoms with van der Waals surface area (Å²) in [4.78, 5) is 14.3. The minimum Gasteiger partial charge on any atom is -0.495 e. The zero-order valence-electron chi connectivity index (χ0n) is 18.1. The average molecular weight is 405 g/mol. The summed E-state index contributed by atoms with van der Waals surface area (Å²) in [6, 6.07) is 14.5. The molecular weight excluding hydrogens is 376 g/mol. The van der Waals surface area contributed by atoms with Gasteiger partial charge in [-0.3, -0.25) is 9.48 Å². The molecule has 0 unspecified atom stereocenters. The molecule has 0 bridgehead atoms. The lowest BCUT2D eigenvalue weighted by molar-refractivity contribution is -0.117. The summed E-state index contributed by atoms with van der Waals surface area (Å²) in [6.45, 7) is 5.77. The molecule has 156 valence electrons. The SMILES string of the molecule is COc1cc(C)ccc1N[C@@H]1C[C@H](C)N(C(C)=O)c2ccc(-c3ccn(C)n3)cc21. The first-order valence-corrected chi connectivity index (χ1v) is 10.2. The van der Waals surface area contributed by atoms with Crippen LogP contribution in [0.4, 0.5) is 11.4 Å². The number of rotatable bonds is 4. The summed E-state index contributed by atoms with van der Waals surface area (Å²) in [5.41, 5.74) is 6.09. The van der Waals surface area contributed by atoms with E-state index in [0.29, 0.717) is 0 Å². The van der Waals surface area contributed by atoms with E-state index in [4.69, 9.17) is 4.74 Å². The van der Waals surface area contributed by atoms with Crippen molar-refractivity contribution in [1.82, 2.24) is 9.78 Å². The number of carbonyl (C=O) groups is 1. The lowest BCUT2D eigenvalue weighted by atomic mass is 9.89. The summed E-state index contributed by atoms with van der Waals surface area (Å²) in [7, 11) is 3.60. The quantitative estimate of drug-likeness (QED) is 0.685. The molecule has 2 aromatic carbocycles. The monoisotopic (exact) mass is 404 g/mol. The van der Waals surface area contributed by atoms with Gasteiger partial charge in [0, 0.05) is 37.5 Å². The van der Waals surface area contributed by atoms with Crippen molar-refractivity contribution in [2.75, 3.05) is 17.3 Å². The van der Waals surface area contributed by atoms with Crippen molar-refractivity contribution >= 4 is 17.3 Å². The van der Waals surface area contributed by atoms with Crippen LogP contribution in [0.2, 0.25) is 0 Å². The standard InChI is InChI=1S/C24H28N4O2/c1-15-6-8-21(24(12-15)30-5)25-22-13-16(2)28(17(3)29)23-9-7-18(14-19(22)23)20-10-11-27(4)26-20/h6-12,14,16,22,25H,13H2,1-5H3/t16-,22+/m0/s1. The van der Waals surface area contributed by atoms with Gasteiger partial charge in [-0.25, -0.2) is 0 Å². The van der Waals surface area contributed by atoms with Gasteiger partial charge < -0.3 is 15.0 Å². The first-order valence-electron chi connectivity index (χ1n) is 10.2. The highest BCUT2D eigenvalue weighted by molar-refractivity contribution is 5.94. The number of nitrogens with zero attached hydrogens (tertiary/aromatic N) is 3. The van der Waals surface area contributed by atoms with Crippen LogP contribution in [0.3, 0.4) is 0 Å². The van der Waals surface area contributed by atoms with E-state index in [9.17, 15) is 4.79 Å². The van der Waals surface area contributed by atoms with Gasteiger partial charge in [0.1, 0.15) is 5.75 Å². The Morgan fingerprint density at radius 1 is 1.20 bits per heavy atom. The molecule has 0 spiro atoms.